The minimum absolute atomic E-state index is 0.0208. The quantitative estimate of drug-likeness (QED) is 0.697. The minimum Gasteiger partial charge on any atom is -0.497 e. The second-order valence-corrected chi connectivity index (χ2v) is 7.60. The Morgan fingerprint density at radius 3 is 2.32 bits per heavy atom. The Kier molecular flexibility index (Phi) is 7.20. The summed E-state index contributed by atoms with van der Waals surface area (Å²) in [7, 11) is 1.51. The molecule has 166 valence electrons. The van der Waals surface area contributed by atoms with Gasteiger partial charge in [0.15, 0.2) is 0 Å². The number of amides is 2. The lowest BCUT2D eigenvalue weighted by Crippen LogP contribution is -2.45. The topological polar surface area (TPSA) is 67.4 Å². The number of rotatable bonds is 6. The Morgan fingerprint density at radius 2 is 1.71 bits per heavy atom. The lowest BCUT2D eigenvalue weighted by molar-refractivity contribution is -0.137. The fourth-order valence-corrected chi connectivity index (χ4v) is 3.68. The zero-order valence-electron chi connectivity index (χ0n) is 17.2. The molecule has 0 saturated heterocycles. The number of nitrogens with one attached hydrogen (secondary N) is 2. The molecule has 5 nitrogen and oxygen atoms in total. The molecule has 1 unspecified atom stereocenters. The molecular formula is C23H25F3N2O3. The number of hydrogen-bond acceptors (Lipinski definition) is 3. The molecule has 3 rings (SSSR count). The highest BCUT2D eigenvalue weighted by Crippen LogP contribution is 2.30. The maximum atomic E-state index is 13.0. The summed E-state index contributed by atoms with van der Waals surface area (Å²) in [6, 6.07) is 9.72. The molecule has 0 spiro atoms. The highest BCUT2D eigenvalue weighted by molar-refractivity contribution is 5.98. The lowest BCUT2D eigenvalue weighted by atomic mass is 9.95. The first kappa shape index (κ1) is 22.7. The molecule has 1 aliphatic carbocycles. The van der Waals surface area contributed by atoms with Gasteiger partial charge in [-0.2, -0.15) is 13.2 Å². The number of methoxy groups -OCH3 is 1. The number of carbonyl (C=O) groups is 2. The molecule has 0 aromatic heterocycles. The molecule has 0 bridgehead atoms. The van der Waals surface area contributed by atoms with Crippen molar-refractivity contribution in [1.82, 2.24) is 10.6 Å². The standard InChI is InChI=1S/C23H25F3N2O3/c1-31-19-12-10-15(11-13-19)20(22(30)27-18-8-3-2-4-9-18)28-21(29)16-6-5-7-17(14-16)23(24,25)26/h5-7,10-14,18,20H,2-4,8-9H2,1H3,(H,27,30)(H,28,29). The van der Waals surface area contributed by atoms with Crippen LogP contribution >= 0.6 is 0 Å². The number of carbonyl (C=O) groups excluding carboxylic acids is 2. The van der Waals surface area contributed by atoms with Crippen LogP contribution in [0, 0.1) is 0 Å². The predicted molar refractivity (Wildman–Crippen MR) is 110 cm³/mol. The van der Waals surface area contributed by atoms with Crippen LogP contribution in [-0.4, -0.2) is 25.0 Å². The van der Waals surface area contributed by atoms with Crippen LogP contribution in [0.25, 0.3) is 0 Å². The summed E-state index contributed by atoms with van der Waals surface area (Å²) in [6.07, 6.45) is 0.333. The van der Waals surface area contributed by atoms with Crippen molar-refractivity contribution in [2.24, 2.45) is 0 Å². The normalized spacial score (nSPS) is 15.7. The summed E-state index contributed by atoms with van der Waals surface area (Å²) in [5.74, 6) is -0.567. The van der Waals surface area contributed by atoms with Crippen LogP contribution in [0.3, 0.4) is 0 Å². The Labute approximate surface area is 179 Å². The van der Waals surface area contributed by atoms with E-state index < -0.39 is 29.6 Å². The maximum absolute atomic E-state index is 13.0. The van der Waals surface area contributed by atoms with E-state index in [2.05, 4.69) is 10.6 Å². The molecule has 2 N–H and O–H groups in total. The SMILES string of the molecule is COc1ccc(C(NC(=O)c2cccc(C(F)(F)F)c2)C(=O)NC2CCCCC2)cc1. The van der Waals surface area contributed by atoms with Crippen molar-refractivity contribution < 1.29 is 27.5 Å². The van der Waals surface area contributed by atoms with Crippen molar-refractivity contribution in [1.29, 1.82) is 0 Å². The Morgan fingerprint density at radius 1 is 1.03 bits per heavy atom. The zero-order chi connectivity index (χ0) is 22.4. The van der Waals surface area contributed by atoms with Gasteiger partial charge >= 0.3 is 6.18 Å². The van der Waals surface area contributed by atoms with Crippen LogP contribution in [0.2, 0.25) is 0 Å². The van der Waals surface area contributed by atoms with E-state index in [0.29, 0.717) is 11.3 Å². The van der Waals surface area contributed by atoms with Crippen molar-refractivity contribution >= 4 is 11.8 Å². The van der Waals surface area contributed by atoms with Gasteiger partial charge in [-0.3, -0.25) is 9.59 Å². The minimum atomic E-state index is -4.57. The fraction of sp³-hybridized carbons (Fsp3) is 0.391. The van der Waals surface area contributed by atoms with Crippen LogP contribution < -0.4 is 15.4 Å². The van der Waals surface area contributed by atoms with Crippen molar-refractivity contribution in [3.05, 3.63) is 65.2 Å². The van der Waals surface area contributed by atoms with E-state index in [1.165, 1.54) is 19.2 Å². The smallest absolute Gasteiger partial charge is 0.416 e. The molecule has 8 heteroatoms. The third kappa shape index (κ3) is 5.99. The van der Waals surface area contributed by atoms with E-state index in [4.69, 9.17) is 4.74 Å². The van der Waals surface area contributed by atoms with Gasteiger partial charge in [0.05, 0.1) is 12.7 Å². The highest BCUT2D eigenvalue weighted by Gasteiger charge is 2.32. The van der Waals surface area contributed by atoms with Gasteiger partial charge in [0.1, 0.15) is 11.8 Å². The zero-order valence-corrected chi connectivity index (χ0v) is 17.2. The van der Waals surface area contributed by atoms with Crippen molar-refractivity contribution in [3.63, 3.8) is 0 Å². The largest absolute Gasteiger partial charge is 0.497 e. The predicted octanol–water partition coefficient (Wildman–Crippen LogP) is 4.63. The average molecular weight is 434 g/mol. The van der Waals surface area contributed by atoms with Crippen molar-refractivity contribution in [2.75, 3.05) is 7.11 Å². The van der Waals surface area contributed by atoms with E-state index in [1.807, 2.05) is 0 Å². The van der Waals surface area contributed by atoms with E-state index in [0.717, 1.165) is 44.2 Å². The van der Waals surface area contributed by atoms with E-state index in [9.17, 15) is 22.8 Å². The summed E-state index contributed by atoms with van der Waals surface area (Å²) in [5.41, 5.74) is -0.582. The fourth-order valence-electron chi connectivity index (χ4n) is 3.68. The Hall–Kier alpha value is -3.03. The monoisotopic (exact) mass is 434 g/mol. The van der Waals surface area contributed by atoms with Gasteiger partial charge < -0.3 is 15.4 Å². The Balaban J connectivity index is 1.83. The number of hydrogen-bond donors (Lipinski definition) is 2. The molecular weight excluding hydrogens is 409 g/mol. The number of ether oxygens (including phenoxy) is 1. The molecule has 2 aromatic rings. The Bertz CT molecular complexity index is 907. The summed E-state index contributed by atoms with van der Waals surface area (Å²) in [4.78, 5) is 25.8. The molecule has 1 atom stereocenters. The summed E-state index contributed by atoms with van der Waals surface area (Å²) >= 11 is 0. The molecule has 0 heterocycles. The van der Waals surface area contributed by atoms with Crippen LogP contribution in [0.15, 0.2) is 48.5 Å². The van der Waals surface area contributed by atoms with Gasteiger partial charge in [-0.05, 0) is 48.7 Å². The first-order chi connectivity index (χ1) is 14.8. The number of alkyl halides is 3. The highest BCUT2D eigenvalue weighted by atomic mass is 19.4. The first-order valence-corrected chi connectivity index (χ1v) is 10.2. The van der Waals surface area contributed by atoms with E-state index in [-0.39, 0.29) is 11.6 Å². The molecule has 2 aromatic carbocycles. The van der Waals surface area contributed by atoms with Gasteiger partial charge in [0, 0.05) is 11.6 Å². The lowest BCUT2D eigenvalue weighted by Gasteiger charge is -2.26. The van der Waals surface area contributed by atoms with Gasteiger partial charge in [-0.15, -0.1) is 0 Å². The summed E-state index contributed by atoms with van der Waals surface area (Å²) in [6.45, 7) is 0. The number of benzene rings is 2. The van der Waals surface area contributed by atoms with E-state index >= 15 is 0 Å². The molecule has 0 aliphatic heterocycles. The number of halogens is 3. The van der Waals surface area contributed by atoms with Crippen LogP contribution in [0.5, 0.6) is 5.75 Å². The third-order valence-corrected chi connectivity index (χ3v) is 5.39. The third-order valence-electron chi connectivity index (χ3n) is 5.39. The van der Waals surface area contributed by atoms with Gasteiger partial charge in [-0.1, -0.05) is 37.5 Å². The summed E-state index contributed by atoms with van der Waals surface area (Å²) < 4.78 is 44.2. The maximum Gasteiger partial charge on any atom is 0.416 e. The van der Waals surface area contributed by atoms with E-state index in [1.54, 1.807) is 24.3 Å². The second kappa shape index (κ2) is 9.85. The molecule has 31 heavy (non-hydrogen) atoms. The van der Waals surface area contributed by atoms with Crippen LogP contribution in [0.4, 0.5) is 13.2 Å². The average Bonchev–Trinajstić information content (AvgIpc) is 2.77. The summed E-state index contributed by atoms with van der Waals surface area (Å²) in [5, 5.41) is 5.57. The second-order valence-electron chi connectivity index (χ2n) is 7.60. The molecule has 1 saturated carbocycles. The first-order valence-electron chi connectivity index (χ1n) is 10.2. The van der Waals surface area contributed by atoms with Crippen molar-refractivity contribution in [3.8, 4) is 5.75 Å². The van der Waals surface area contributed by atoms with Gasteiger partial charge in [0.25, 0.3) is 5.91 Å². The van der Waals surface area contributed by atoms with Crippen LogP contribution in [0.1, 0.15) is 59.6 Å². The van der Waals surface area contributed by atoms with Crippen LogP contribution in [-0.2, 0) is 11.0 Å². The molecule has 1 aliphatic rings. The van der Waals surface area contributed by atoms with Gasteiger partial charge in [0.2, 0.25) is 5.91 Å². The molecule has 1 fully saturated rings. The molecule has 2 amide bonds. The molecule has 0 radical (unpaired) electrons. The van der Waals surface area contributed by atoms with Crippen molar-refractivity contribution in [2.45, 2.75) is 50.4 Å². The van der Waals surface area contributed by atoms with Gasteiger partial charge in [-0.25, -0.2) is 0 Å².